The van der Waals surface area contributed by atoms with E-state index in [0.29, 0.717) is 13.2 Å². The number of allylic oxidation sites excluding steroid dienone is 2. The summed E-state index contributed by atoms with van der Waals surface area (Å²) in [5, 5.41) is 6.14. The Labute approximate surface area is 174 Å². The maximum absolute atomic E-state index is 5.68. The molecule has 0 radical (unpaired) electrons. The van der Waals surface area contributed by atoms with E-state index in [1.165, 1.54) is 25.4 Å². The zero-order valence-corrected chi connectivity index (χ0v) is 18.3. The van der Waals surface area contributed by atoms with Crippen LogP contribution in [-0.2, 0) is 9.47 Å². The van der Waals surface area contributed by atoms with E-state index < -0.39 is 0 Å². The second kappa shape index (κ2) is 7.46. The Balaban J connectivity index is 1.24. The molecule has 2 nitrogen and oxygen atoms in total. The quantitative estimate of drug-likeness (QED) is 0.387. The van der Waals surface area contributed by atoms with Crippen LogP contribution in [0, 0.1) is 0 Å². The van der Waals surface area contributed by atoms with E-state index in [-0.39, 0.29) is 0 Å². The molecule has 0 aliphatic carbocycles. The molecule has 0 fully saturated rings. The zero-order chi connectivity index (χ0) is 15.9. The van der Waals surface area contributed by atoms with Crippen LogP contribution in [0.4, 0.5) is 0 Å². The van der Waals surface area contributed by atoms with E-state index in [4.69, 9.17) is 9.47 Å². The van der Waals surface area contributed by atoms with Crippen LogP contribution in [0.2, 0.25) is 0 Å². The molecule has 10 heteroatoms. The molecule has 0 atom stereocenters. The fourth-order valence-electron chi connectivity index (χ4n) is 1.99. The van der Waals surface area contributed by atoms with E-state index in [1.807, 2.05) is 47.0 Å². The zero-order valence-electron chi connectivity index (χ0n) is 11.8. The summed E-state index contributed by atoms with van der Waals surface area (Å²) < 4.78 is 19.5. The molecule has 0 aromatic heterocycles. The fourth-order valence-corrected chi connectivity index (χ4v) is 12.3. The van der Waals surface area contributed by atoms with Gasteiger partial charge >= 0.3 is 0 Å². The predicted octanol–water partition coefficient (Wildman–Crippen LogP) is 7.49. The van der Waals surface area contributed by atoms with E-state index in [1.54, 1.807) is 47.0 Å². The first-order valence-corrected chi connectivity index (χ1v) is 13.5. The van der Waals surface area contributed by atoms with Crippen molar-refractivity contribution in [1.29, 1.82) is 0 Å². The summed E-state index contributed by atoms with van der Waals surface area (Å²) in [4.78, 5) is 0. The standard InChI is InChI=1S/C14H8O2S8/c1(7-17-5-6-18-7)2-8-19-11-12(20-8)24-14(23-11)13-21-9-10(22-13)16-4-3-15-9/h1-2,5-6H,3-4H2. The van der Waals surface area contributed by atoms with Crippen LogP contribution in [0.1, 0.15) is 0 Å². The monoisotopic (exact) mass is 464 g/mol. The molecule has 5 heterocycles. The van der Waals surface area contributed by atoms with Crippen LogP contribution >= 0.6 is 94.1 Å². The van der Waals surface area contributed by atoms with Crippen molar-refractivity contribution < 1.29 is 9.47 Å². The Bertz CT molecular complexity index is 737. The number of thioether (sulfide) groups is 8. The first-order valence-electron chi connectivity index (χ1n) is 6.81. The van der Waals surface area contributed by atoms with Gasteiger partial charge in [-0.15, -0.1) is 0 Å². The lowest BCUT2D eigenvalue weighted by Gasteiger charge is -2.13. The third-order valence-corrected chi connectivity index (χ3v) is 13.4. The van der Waals surface area contributed by atoms with Crippen LogP contribution < -0.4 is 0 Å². The fraction of sp³-hybridized carbons (Fsp3) is 0.143. The van der Waals surface area contributed by atoms with E-state index in [0.717, 1.165) is 10.2 Å². The molecule has 5 aliphatic rings. The number of rotatable bonds is 1. The largest absolute Gasteiger partial charge is 0.480 e. The molecule has 0 aromatic rings. The van der Waals surface area contributed by atoms with Crippen LogP contribution in [0.25, 0.3) is 0 Å². The minimum atomic E-state index is 0.658. The van der Waals surface area contributed by atoms with Gasteiger partial charge in [-0.2, -0.15) is 0 Å². The summed E-state index contributed by atoms with van der Waals surface area (Å²) in [6.45, 7) is 1.32. The molecular weight excluding hydrogens is 457 g/mol. The van der Waals surface area contributed by atoms with Crippen molar-refractivity contribution in [3.63, 3.8) is 0 Å². The second-order valence-corrected chi connectivity index (χ2v) is 14.1. The lowest BCUT2D eigenvalue weighted by molar-refractivity contribution is 0.0949. The van der Waals surface area contributed by atoms with Gasteiger partial charge in [-0.25, -0.2) is 0 Å². The van der Waals surface area contributed by atoms with Gasteiger partial charge in [0.25, 0.3) is 0 Å². The van der Waals surface area contributed by atoms with Gasteiger partial charge in [-0.1, -0.05) is 70.6 Å². The summed E-state index contributed by atoms with van der Waals surface area (Å²) in [5.41, 5.74) is 0. The molecule has 0 amide bonds. The lowest BCUT2D eigenvalue weighted by Crippen LogP contribution is -2.08. The van der Waals surface area contributed by atoms with Crippen molar-refractivity contribution in [1.82, 2.24) is 0 Å². The van der Waals surface area contributed by atoms with E-state index in [2.05, 4.69) is 23.0 Å². The van der Waals surface area contributed by atoms with Gasteiger partial charge in [0.2, 0.25) is 10.2 Å². The summed E-state index contributed by atoms with van der Waals surface area (Å²) in [6, 6.07) is 0. The molecule has 0 N–H and O–H groups in total. The molecular formula is C14H8O2S8. The normalized spacial score (nSPS) is 25.3. The van der Waals surface area contributed by atoms with Crippen LogP contribution in [0.3, 0.4) is 0 Å². The average Bonchev–Trinajstić information content (AvgIpc) is 3.33. The molecule has 0 unspecified atom stereocenters. The Hall–Kier alpha value is 0.840. The van der Waals surface area contributed by atoms with Gasteiger partial charge in [0.05, 0.1) is 21.2 Å². The summed E-state index contributed by atoms with van der Waals surface area (Å²) >= 11 is 14.5. The van der Waals surface area contributed by atoms with Crippen LogP contribution in [-0.4, -0.2) is 13.2 Å². The summed E-state index contributed by atoms with van der Waals surface area (Å²) in [6.07, 6.45) is 4.46. The first kappa shape index (κ1) is 17.0. The van der Waals surface area contributed by atoms with Crippen molar-refractivity contribution >= 4 is 94.1 Å². The van der Waals surface area contributed by atoms with Gasteiger partial charge in [0, 0.05) is 4.24 Å². The Morgan fingerprint density at radius 1 is 0.625 bits per heavy atom. The Morgan fingerprint density at radius 2 is 1.12 bits per heavy atom. The Kier molecular flexibility index (Phi) is 5.27. The second-order valence-electron chi connectivity index (χ2n) is 4.51. The highest BCUT2D eigenvalue weighted by Crippen LogP contribution is 2.69. The minimum Gasteiger partial charge on any atom is -0.480 e. The molecule has 0 aromatic carbocycles. The molecule has 0 spiro atoms. The third kappa shape index (κ3) is 3.49. The van der Waals surface area contributed by atoms with Crippen molar-refractivity contribution in [2.24, 2.45) is 0 Å². The molecule has 0 saturated carbocycles. The summed E-state index contributed by atoms with van der Waals surface area (Å²) in [5.74, 6) is 0. The SMILES string of the molecule is C1=CSC(=CC=C2SC3=C(S2)SC(=C2SC4=C(OCCO4)S2)S3)S1. The molecule has 24 heavy (non-hydrogen) atoms. The van der Waals surface area contributed by atoms with E-state index >= 15 is 0 Å². The maximum Gasteiger partial charge on any atom is 0.208 e. The number of hydrogen-bond donors (Lipinski definition) is 0. The number of ether oxygens (including phenoxy) is 2. The minimum absolute atomic E-state index is 0.658. The average molecular weight is 465 g/mol. The molecule has 5 aliphatic heterocycles. The van der Waals surface area contributed by atoms with Crippen molar-refractivity contribution in [2.45, 2.75) is 0 Å². The first-order chi connectivity index (χ1) is 11.8. The smallest absolute Gasteiger partial charge is 0.208 e. The molecule has 124 valence electrons. The van der Waals surface area contributed by atoms with Gasteiger partial charge in [0.15, 0.2) is 0 Å². The third-order valence-electron chi connectivity index (χ3n) is 2.96. The topological polar surface area (TPSA) is 18.5 Å². The van der Waals surface area contributed by atoms with Crippen molar-refractivity contribution in [3.05, 3.63) is 58.6 Å². The lowest BCUT2D eigenvalue weighted by atomic mass is 10.6. The van der Waals surface area contributed by atoms with Gasteiger partial charge in [-0.05, 0) is 46.5 Å². The Morgan fingerprint density at radius 3 is 1.75 bits per heavy atom. The molecule has 5 rings (SSSR count). The van der Waals surface area contributed by atoms with Gasteiger partial charge in [-0.3, -0.25) is 0 Å². The predicted molar refractivity (Wildman–Crippen MR) is 119 cm³/mol. The maximum atomic E-state index is 5.68. The highest BCUT2D eigenvalue weighted by atomic mass is 32.3. The molecule has 0 bridgehead atoms. The van der Waals surface area contributed by atoms with Crippen LogP contribution in [0.5, 0.6) is 0 Å². The molecule has 0 saturated heterocycles. The van der Waals surface area contributed by atoms with Gasteiger partial charge < -0.3 is 9.47 Å². The van der Waals surface area contributed by atoms with E-state index in [9.17, 15) is 0 Å². The van der Waals surface area contributed by atoms with Crippen LogP contribution in [0.15, 0.2) is 58.6 Å². The van der Waals surface area contributed by atoms with Crippen molar-refractivity contribution in [3.8, 4) is 0 Å². The van der Waals surface area contributed by atoms with Gasteiger partial charge in [0.1, 0.15) is 13.2 Å². The summed E-state index contributed by atoms with van der Waals surface area (Å²) in [7, 11) is 0. The van der Waals surface area contributed by atoms with Crippen molar-refractivity contribution in [2.75, 3.05) is 13.2 Å². The highest BCUT2D eigenvalue weighted by Gasteiger charge is 2.36. The number of hydrogen-bond acceptors (Lipinski definition) is 10. The highest BCUT2D eigenvalue weighted by molar-refractivity contribution is 8.49.